The summed E-state index contributed by atoms with van der Waals surface area (Å²) in [6.45, 7) is 2.02. The minimum Gasteiger partial charge on any atom is -0.294 e. The van der Waals surface area contributed by atoms with Crippen LogP contribution in [-0.4, -0.2) is 5.78 Å². The van der Waals surface area contributed by atoms with Crippen LogP contribution in [0.4, 0.5) is 0 Å². The lowest BCUT2D eigenvalue weighted by Crippen LogP contribution is -2.03. The molecule has 1 saturated carbocycles. The number of ketones is 1. The van der Waals surface area contributed by atoms with E-state index in [1.54, 1.807) is 0 Å². The topological polar surface area (TPSA) is 17.1 Å². The van der Waals surface area contributed by atoms with Gasteiger partial charge in [0.1, 0.15) is 0 Å². The van der Waals surface area contributed by atoms with Crippen LogP contribution in [-0.2, 0) is 0 Å². The molecule has 0 radical (unpaired) electrons. The lowest BCUT2D eigenvalue weighted by Gasteiger charge is -2.04. The van der Waals surface area contributed by atoms with Gasteiger partial charge in [0.25, 0.3) is 0 Å². The maximum atomic E-state index is 12.5. The van der Waals surface area contributed by atoms with Crippen LogP contribution in [0, 0.1) is 12.8 Å². The second-order valence-corrected chi connectivity index (χ2v) is 6.16. The van der Waals surface area contributed by atoms with Gasteiger partial charge in [-0.15, -0.1) is 0 Å². The summed E-state index contributed by atoms with van der Waals surface area (Å²) in [6.07, 6.45) is 0.981. The largest absolute Gasteiger partial charge is 0.294 e. The van der Waals surface area contributed by atoms with E-state index in [2.05, 4.69) is 28.1 Å². The summed E-state index contributed by atoms with van der Waals surface area (Å²) in [6, 6.07) is 16.3. The Bertz CT molecular complexity index is 598. The Morgan fingerprint density at radius 2 is 1.89 bits per heavy atom. The fourth-order valence-corrected chi connectivity index (χ4v) is 3.25. The van der Waals surface area contributed by atoms with Gasteiger partial charge in [-0.05, 0) is 48.6 Å². The van der Waals surface area contributed by atoms with Crippen LogP contribution in [0.3, 0.4) is 0 Å². The first-order valence-electron chi connectivity index (χ1n) is 6.51. The van der Waals surface area contributed by atoms with Crippen LogP contribution in [0.2, 0.25) is 0 Å². The number of aryl methyl sites for hydroxylation is 1. The maximum Gasteiger partial charge on any atom is 0.166 e. The summed E-state index contributed by atoms with van der Waals surface area (Å²) in [5.41, 5.74) is 3.23. The predicted molar refractivity (Wildman–Crippen MR) is 80.5 cm³/mol. The van der Waals surface area contributed by atoms with Crippen LogP contribution < -0.4 is 0 Å². The second kappa shape index (κ2) is 4.93. The van der Waals surface area contributed by atoms with E-state index in [1.807, 2.05) is 43.3 Å². The average molecular weight is 315 g/mol. The quantitative estimate of drug-likeness (QED) is 0.748. The second-order valence-electron chi connectivity index (χ2n) is 5.24. The van der Waals surface area contributed by atoms with Gasteiger partial charge < -0.3 is 0 Å². The number of hydrogen-bond donors (Lipinski definition) is 0. The van der Waals surface area contributed by atoms with E-state index >= 15 is 0 Å². The SMILES string of the molecule is Cc1cc(Br)cc(C(=O)C2CC2c2ccccc2)c1. The molecule has 2 heteroatoms. The zero-order chi connectivity index (χ0) is 13.4. The van der Waals surface area contributed by atoms with Gasteiger partial charge >= 0.3 is 0 Å². The van der Waals surface area contributed by atoms with Crippen molar-refractivity contribution < 1.29 is 4.79 Å². The normalized spacial score (nSPS) is 21.2. The Hall–Kier alpha value is -1.41. The zero-order valence-corrected chi connectivity index (χ0v) is 12.4. The lowest BCUT2D eigenvalue weighted by molar-refractivity contribution is 0.0965. The fraction of sp³-hybridized carbons (Fsp3) is 0.235. The first kappa shape index (κ1) is 12.6. The van der Waals surface area contributed by atoms with Crippen molar-refractivity contribution in [3.05, 3.63) is 69.7 Å². The first-order chi connectivity index (χ1) is 9.15. The molecule has 0 aliphatic heterocycles. The molecule has 1 aliphatic rings. The summed E-state index contributed by atoms with van der Waals surface area (Å²) in [5.74, 6) is 0.849. The Kier molecular flexibility index (Phi) is 3.28. The lowest BCUT2D eigenvalue weighted by atomic mass is 10.0. The van der Waals surface area contributed by atoms with E-state index in [1.165, 1.54) is 5.56 Å². The molecule has 96 valence electrons. The van der Waals surface area contributed by atoms with Crippen molar-refractivity contribution in [2.24, 2.45) is 5.92 Å². The van der Waals surface area contributed by atoms with Gasteiger partial charge in [0, 0.05) is 16.0 Å². The smallest absolute Gasteiger partial charge is 0.166 e. The monoisotopic (exact) mass is 314 g/mol. The molecule has 2 aromatic rings. The number of Topliss-reactive ketones (excluding diaryl/α,β-unsaturated/α-hetero) is 1. The Morgan fingerprint density at radius 1 is 1.16 bits per heavy atom. The number of benzene rings is 2. The molecule has 2 unspecified atom stereocenters. The van der Waals surface area contributed by atoms with Crippen molar-refractivity contribution in [1.29, 1.82) is 0 Å². The van der Waals surface area contributed by atoms with E-state index in [0.29, 0.717) is 5.92 Å². The fourth-order valence-electron chi connectivity index (χ4n) is 2.65. The molecule has 1 nitrogen and oxygen atoms in total. The highest BCUT2D eigenvalue weighted by molar-refractivity contribution is 9.10. The summed E-state index contributed by atoms with van der Waals surface area (Å²) in [7, 11) is 0. The van der Waals surface area contributed by atoms with E-state index in [0.717, 1.165) is 22.0 Å². The van der Waals surface area contributed by atoms with E-state index in [4.69, 9.17) is 0 Å². The third-order valence-electron chi connectivity index (χ3n) is 3.68. The third kappa shape index (κ3) is 2.64. The summed E-state index contributed by atoms with van der Waals surface area (Å²) in [5, 5.41) is 0. The zero-order valence-electron chi connectivity index (χ0n) is 10.8. The Balaban J connectivity index is 1.80. The number of carbonyl (C=O) groups excluding carboxylic acids is 1. The van der Waals surface area contributed by atoms with Gasteiger partial charge in [0.15, 0.2) is 5.78 Å². The molecular weight excluding hydrogens is 300 g/mol. The third-order valence-corrected chi connectivity index (χ3v) is 4.14. The molecule has 0 aromatic heterocycles. The summed E-state index contributed by atoms with van der Waals surface area (Å²) < 4.78 is 0.979. The molecule has 1 aliphatic carbocycles. The molecule has 1 fully saturated rings. The van der Waals surface area contributed by atoms with Crippen LogP contribution in [0.1, 0.15) is 33.8 Å². The number of carbonyl (C=O) groups is 1. The molecule has 2 atom stereocenters. The van der Waals surface area contributed by atoms with Gasteiger partial charge in [-0.1, -0.05) is 46.3 Å². The highest BCUT2D eigenvalue weighted by atomic mass is 79.9. The molecule has 0 spiro atoms. The average Bonchev–Trinajstić information content (AvgIpc) is 3.18. The van der Waals surface area contributed by atoms with Crippen LogP contribution in [0.15, 0.2) is 53.0 Å². The highest BCUT2D eigenvalue weighted by Gasteiger charge is 2.43. The van der Waals surface area contributed by atoms with Crippen molar-refractivity contribution in [3.63, 3.8) is 0 Å². The van der Waals surface area contributed by atoms with E-state index in [-0.39, 0.29) is 11.7 Å². The Labute approximate surface area is 121 Å². The van der Waals surface area contributed by atoms with Crippen molar-refractivity contribution in [2.75, 3.05) is 0 Å². The molecule has 0 N–H and O–H groups in total. The summed E-state index contributed by atoms with van der Waals surface area (Å²) >= 11 is 3.46. The van der Waals surface area contributed by atoms with Gasteiger partial charge in [0.2, 0.25) is 0 Å². The maximum absolute atomic E-state index is 12.5. The standard InChI is InChI=1S/C17H15BrO/c1-11-7-13(9-14(18)8-11)17(19)16-10-15(16)12-5-3-2-4-6-12/h2-9,15-16H,10H2,1H3. The number of hydrogen-bond acceptors (Lipinski definition) is 1. The van der Waals surface area contributed by atoms with E-state index < -0.39 is 0 Å². The van der Waals surface area contributed by atoms with Gasteiger partial charge in [-0.2, -0.15) is 0 Å². The molecule has 0 amide bonds. The van der Waals surface area contributed by atoms with Gasteiger partial charge in [-0.25, -0.2) is 0 Å². The van der Waals surface area contributed by atoms with Crippen molar-refractivity contribution in [1.82, 2.24) is 0 Å². The molecule has 3 rings (SSSR count). The first-order valence-corrected chi connectivity index (χ1v) is 7.31. The van der Waals surface area contributed by atoms with Crippen molar-refractivity contribution >= 4 is 21.7 Å². The Morgan fingerprint density at radius 3 is 2.58 bits per heavy atom. The van der Waals surface area contributed by atoms with E-state index in [9.17, 15) is 4.79 Å². The molecular formula is C17H15BrO. The van der Waals surface area contributed by atoms with Crippen molar-refractivity contribution in [2.45, 2.75) is 19.3 Å². The van der Waals surface area contributed by atoms with Crippen molar-refractivity contribution in [3.8, 4) is 0 Å². The number of halogens is 1. The van der Waals surface area contributed by atoms with Gasteiger partial charge in [0.05, 0.1) is 0 Å². The minimum absolute atomic E-state index is 0.163. The molecule has 0 heterocycles. The molecule has 0 saturated heterocycles. The minimum atomic E-state index is 0.163. The van der Waals surface area contributed by atoms with Crippen LogP contribution in [0.5, 0.6) is 0 Å². The summed E-state index contributed by atoms with van der Waals surface area (Å²) in [4.78, 5) is 12.5. The molecule has 0 bridgehead atoms. The van der Waals surface area contributed by atoms with Crippen LogP contribution in [0.25, 0.3) is 0 Å². The molecule has 2 aromatic carbocycles. The van der Waals surface area contributed by atoms with Gasteiger partial charge in [-0.3, -0.25) is 4.79 Å². The highest BCUT2D eigenvalue weighted by Crippen LogP contribution is 2.49. The van der Waals surface area contributed by atoms with Crippen LogP contribution >= 0.6 is 15.9 Å². The molecule has 19 heavy (non-hydrogen) atoms. The number of rotatable bonds is 3. The predicted octanol–water partition coefficient (Wildman–Crippen LogP) is 4.74.